The van der Waals surface area contributed by atoms with Crippen molar-refractivity contribution < 1.29 is 13.2 Å². The van der Waals surface area contributed by atoms with E-state index >= 15 is 0 Å². The molecule has 0 radical (unpaired) electrons. The highest BCUT2D eigenvalue weighted by molar-refractivity contribution is 7.91. The summed E-state index contributed by atoms with van der Waals surface area (Å²) < 4.78 is 30.6. The van der Waals surface area contributed by atoms with E-state index in [4.69, 9.17) is 4.74 Å². The van der Waals surface area contributed by atoms with Crippen molar-refractivity contribution in [1.82, 2.24) is 14.7 Å². The second-order valence-corrected chi connectivity index (χ2v) is 7.96. The standard InChI is InChI=1S/C14H25N3O3S/c1-13-5-10-21(18,19)11-8-16(13)12-14-4-6-15-17(14)7-3-9-20-2/h4,6,13H,3,5,7-12H2,1-2H3. The summed E-state index contributed by atoms with van der Waals surface area (Å²) in [5, 5.41) is 4.35. The van der Waals surface area contributed by atoms with E-state index in [9.17, 15) is 8.42 Å². The second-order valence-electron chi connectivity index (χ2n) is 5.65. The Hall–Kier alpha value is -0.920. The Morgan fingerprint density at radius 1 is 1.43 bits per heavy atom. The van der Waals surface area contributed by atoms with Crippen molar-refractivity contribution in [2.45, 2.75) is 38.9 Å². The fourth-order valence-corrected chi connectivity index (χ4v) is 4.03. The number of hydrogen-bond acceptors (Lipinski definition) is 5. The third kappa shape index (κ3) is 4.79. The molecular formula is C14H25N3O3S. The number of aryl methyl sites for hydroxylation is 1. The van der Waals surface area contributed by atoms with Crippen molar-refractivity contribution in [1.29, 1.82) is 0 Å². The zero-order valence-electron chi connectivity index (χ0n) is 12.9. The molecule has 6 nitrogen and oxygen atoms in total. The van der Waals surface area contributed by atoms with Gasteiger partial charge in [-0.05, 0) is 25.8 Å². The van der Waals surface area contributed by atoms with Crippen LogP contribution >= 0.6 is 0 Å². The number of ether oxygens (including phenoxy) is 1. The molecule has 1 aliphatic rings. The third-order valence-electron chi connectivity index (χ3n) is 4.05. The molecule has 0 bridgehead atoms. The molecule has 1 saturated heterocycles. The average molecular weight is 315 g/mol. The lowest BCUT2D eigenvalue weighted by Gasteiger charge is -2.26. The van der Waals surface area contributed by atoms with Crippen LogP contribution < -0.4 is 0 Å². The molecule has 120 valence electrons. The van der Waals surface area contributed by atoms with Crippen molar-refractivity contribution in [3.05, 3.63) is 18.0 Å². The highest BCUT2D eigenvalue weighted by Crippen LogP contribution is 2.16. The van der Waals surface area contributed by atoms with E-state index in [0.29, 0.717) is 18.7 Å². The van der Waals surface area contributed by atoms with Gasteiger partial charge in [-0.1, -0.05) is 0 Å². The van der Waals surface area contributed by atoms with Crippen LogP contribution in [0.2, 0.25) is 0 Å². The van der Waals surface area contributed by atoms with E-state index in [1.54, 1.807) is 13.3 Å². The molecule has 0 spiro atoms. The first-order chi connectivity index (χ1) is 10.0. The van der Waals surface area contributed by atoms with Crippen LogP contribution in [0, 0.1) is 0 Å². The van der Waals surface area contributed by atoms with E-state index in [1.165, 1.54) is 0 Å². The minimum absolute atomic E-state index is 0.259. The Labute approximate surface area is 127 Å². The summed E-state index contributed by atoms with van der Waals surface area (Å²) in [5.41, 5.74) is 1.14. The minimum Gasteiger partial charge on any atom is -0.385 e. The number of hydrogen-bond donors (Lipinski definition) is 0. The normalized spacial score (nSPS) is 23.0. The summed E-state index contributed by atoms with van der Waals surface area (Å²) in [7, 11) is -1.17. The number of methoxy groups -OCH3 is 1. The van der Waals surface area contributed by atoms with E-state index in [-0.39, 0.29) is 11.8 Å². The molecule has 0 saturated carbocycles. The van der Waals surface area contributed by atoms with Crippen molar-refractivity contribution >= 4 is 9.84 Å². The van der Waals surface area contributed by atoms with Crippen LogP contribution in [-0.4, -0.2) is 60.9 Å². The Morgan fingerprint density at radius 3 is 3.00 bits per heavy atom. The van der Waals surface area contributed by atoms with E-state index < -0.39 is 9.84 Å². The lowest BCUT2D eigenvalue weighted by atomic mass is 10.2. The van der Waals surface area contributed by atoms with Gasteiger partial charge >= 0.3 is 0 Å². The van der Waals surface area contributed by atoms with Gasteiger partial charge in [-0.2, -0.15) is 5.10 Å². The van der Waals surface area contributed by atoms with Gasteiger partial charge in [0.25, 0.3) is 0 Å². The number of rotatable bonds is 6. The quantitative estimate of drug-likeness (QED) is 0.731. The van der Waals surface area contributed by atoms with Gasteiger partial charge in [0, 0.05) is 45.6 Å². The van der Waals surface area contributed by atoms with Crippen LogP contribution in [0.3, 0.4) is 0 Å². The first-order valence-electron chi connectivity index (χ1n) is 7.46. The molecular weight excluding hydrogens is 290 g/mol. The van der Waals surface area contributed by atoms with E-state index in [1.807, 2.05) is 10.7 Å². The Morgan fingerprint density at radius 2 is 2.24 bits per heavy atom. The van der Waals surface area contributed by atoms with Crippen LogP contribution in [0.1, 0.15) is 25.5 Å². The fourth-order valence-electron chi connectivity index (χ4n) is 2.61. The molecule has 1 fully saturated rings. The summed E-state index contributed by atoms with van der Waals surface area (Å²) >= 11 is 0. The van der Waals surface area contributed by atoms with Crippen molar-refractivity contribution in [3.63, 3.8) is 0 Å². The predicted octanol–water partition coefficient (Wildman–Crippen LogP) is 0.929. The monoisotopic (exact) mass is 315 g/mol. The molecule has 1 unspecified atom stereocenters. The first kappa shape index (κ1) is 16.5. The smallest absolute Gasteiger partial charge is 0.151 e. The van der Waals surface area contributed by atoms with Gasteiger partial charge in [-0.3, -0.25) is 9.58 Å². The largest absolute Gasteiger partial charge is 0.385 e. The minimum atomic E-state index is -2.87. The fraction of sp³-hybridized carbons (Fsp3) is 0.786. The van der Waals surface area contributed by atoms with Gasteiger partial charge < -0.3 is 4.74 Å². The topological polar surface area (TPSA) is 64.4 Å². The molecule has 1 aromatic heterocycles. The Balaban J connectivity index is 1.99. The number of aromatic nitrogens is 2. The molecule has 1 aliphatic heterocycles. The molecule has 0 amide bonds. The van der Waals surface area contributed by atoms with Crippen molar-refractivity contribution in [3.8, 4) is 0 Å². The average Bonchev–Trinajstić information content (AvgIpc) is 2.83. The van der Waals surface area contributed by atoms with Gasteiger partial charge in [0.2, 0.25) is 0 Å². The summed E-state index contributed by atoms with van der Waals surface area (Å²) in [6.45, 7) is 5.01. The van der Waals surface area contributed by atoms with Gasteiger partial charge in [-0.25, -0.2) is 8.42 Å². The van der Waals surface area contributed by atoms with Gasteiger partial charge in [0.1, 0.15) is 0 Å². The molecule has 0 aliphatic carbocycles. The summed E-state index contributed by atoms with van der Waals surface area (Å²) in [5.74, 6) is 0.562. The van der Waals surface area contributed by atoms with Crippen LogP contribution in [-0.2, 0) is 27.7 Å². The highest BCUT2D eigenvalue weighted by Gasteiger charge is 2.25. The van der Waals surface area contributed by atoms with Crippen LogP contribution in [0.5, 0.6) is 0 Å². The van der Waals surface area contributed by atoms with Gasteiger partial charge in [0.05, 0.1) is 17.2 Å². The predicted molar refractivity (Wildman–Crippen MR) is 81.9 cm³/mol. The molecule has 0 aromatic carbocycles. The number of sulfone groups is 1. The van der Waals surface area contributed by atoms with Crippen LogP contribution in [0.15, 0.2) is 12.3 Å². The lowest BCUT2D eigenvalue weighted by Crippen LogP contribution is -2.34. The molecule has 1 aromatic rings. The second kappa shape index (κ2) is 7.38. The highest BCUT2D eigenvalue weighted by atomic mass is 32.2. The molecule has 21 heavy (non-hydrogen) atoms. The SMILES string of the molecule is COCCCn1nccc1CN1CCS(=O)(=O)CCC1C. The Kier molecular flexibility index (Phi) is 5.78. The van der Waals surface area contributed by atoms with Gasteiger partial charge in [-0.15, -0.1) is 0 Å². The zero-order valence-corrected chi connectivity index (χ0v) is 13.7. The molecule has 1 atom stereocenters. The first-order valence-corrected chi connectivity index (χ1v) is 9.28. The summed E-state index contributed by atoms with van der Waals surface area (Å²) in [4.78, 5) is 2.24. The maximum absolute atomic E-state index is 11.7. The summed E-state index contributed by atoms with van der Waals surface area (Å²) in [6.07, 6.45) is 3.44. The van der Waals surface area contributed by atoms with E-state index in [0.717, 1.165) is 31.8 Å². The van der Waals surface area contributed by atoms with Crippen LogP contribution in [0.4, 0.5) is 0 Å². The number of nitrogens with zero attached hydrogens (tertiary/aromatic N) is 3. The molecule has 2 heterocycles. The molecule has 7 heteroatoms. The maximum atomic E-state index is 11.7. The summed E-state index contributed by atoms with van der Waals surface area (Å²) in [6, 6.07) is 2.29. The van der Waals surface area contributed by atoms with Crippen molar-refractivity contribution in [2.75, 3.05) is 31.8 Å². The van der Waals surface area contributed by atoms with Crippen LogP contribution in [0.25, 0.3) is 0 Å². The molecule has 0 N–H and O–H groups in total. The zero-order chi connectivity index (χ0) is 15.3. The third-order valence-corrected chi connectivity index (χ3v) is 5.71. The Bertz CT molecular complexity index is 541. The maximum Gasteiger partial charge on any atom is 0.151 e. The van der Waals surface area contributed by atoms with Crippen molar-refractivity contribution in [2.24, 2.45) is 0 Å². The molecule has 2 rings (SSSR count). The van der Waals surface area contributed by atoms with Gasteiger partial charge in [0.15, 0.2) is 9.84 Å². The van der Waals surface area contributed by atoms with E-state index in [2.05, 4.69) is 16.9 Å². The lowest BCUT2D eigenvalue weighted by molar-refractivity contribution is 0.185.